The average Bonchev–Trinajstić information content (AvgIpc) is 1.82. The second-order valence-electron chi connectivity index (χ2n) is 2.81. The lowest BCUT2D eigenvalue weighted by Gasteiger charge is -2.08. The highest BCUT2D eigenvalue weighted by atomic mass is 16.1. The van der Waals surface area contributed by atoms with Gasteiger partial charge in [-0.05, 0) is 18.8 Å². The standard InChI is InChI=1S/C8H15O/c1-4-8(6-9)5-7(2)3/h6-8H,1,4-5H2,2-3H3. The molecule has 9 heavy (non-hydrogen) atoms. The van der Waals surface area contributed by atoms with E-state index in [1.807, 2.05) is 0 Å². The minimum atomic E-state index is 0.185. The van der Waals surface area contributed by atoms with Crippen molar-refractivity contribution < 1.29 is 4.79 Å². The lowest BCUT2D eigenvalue weighted by Crippen LogP contribution is -2.03. The highest BCUT2D eigenvalue weighted by molar-refractivity contribution is 5.53. The zero-order chi connectivity index (χ0) is 7.28. The summed E-state index contributed by atoms with van der Waals surface area (Å²) in [5, 5.41) is 0. The van der Waals surface area contributed by atoms with Gasteiger partial charge in [-0.3, -0.25) is 0 Å². The van der Waals surface area contributed by atoms with Gasteiger partial charge in [-0.2, -0.15) is 0 Å². The molecule has 0 fully saturated rings. The summed E-state index contributed by atoms with van der Waals surface area (Å²) in [6.07, 6.45) is 2.72. The van der Waals surface area contributed by atoms with E-state index in [9.17, 15) is 4.79 Å². The van der Waals surface area contributed by atoms with E-state index in [0.29, 0.717) is 5.92 Å². The average molecular weight is 127 g/mol. The lowest BCUT2D eigenvalue weighted by molar-refractivity contribution is -0.111. The van der Waals surface area contributed by atoms with Gasteiger partial charge in [0.05, 0.1) is 0 Å². The van der Waals surface area contributed by atoms with E-state index >= 15 is 0 Å². The summed E-state index contributed by atoms with van der Waals surface area (Å²) >= 11 is 0. The molecular formula is C8H15O. The van der Waals surface area contributed by atoms with Crippen molar-refractivity contribution in [1.82, 2.24) is 0 Å². The van der Waals surface area contributed by atoms with Crippen molar-refractivity contribution in [2.45, 2.75) is 26.7 Å². The fourth-order valence-corrected chi connectivity index (χ4v) is 0.847. The van der Waals surface area contributed by atoms with Crippen LogP contribution in [0.3, 0.4) is 0 Å². The van der Waals surface area contributed by atoms with E-state index in [2.05, 4.69) is 20.8 Å². The normalized spacial score (nSPS) is 13.8. The van der Waals surface area contributed by atoms with Gasteiger partial charge in [0.25, 0.3) is 0 Å². The summed E-state index contributed by atoms with van der Waals surface area (Å²) in [7, 11) is 0. The Bertz CT molecular complexity index is 76.6. The predicted octanol–water partition coefficient (Wildman–Crippen LogP) is 2.07. The minimum Gasteiger partial charge on any atom is -0.303 e. The first-order valence-electron chi connectivity index (χ1n) is 3.45. The Hall–Kier alpha value is -0.330. The first-order valence-corrected chi connectivity index (χ1v) is 3.45. The summed E-state index contributed by atoms with van der Waals surface area (Å²) in [5.74, 6) is 0.798. The predicted molar refractivity (Wildman–Crippen MR) is 39.0 cm³/mol. The van der Waals surface area contributed by atoms with Crippen LogP contribution in [0.1, 0.15) is 26.7 Å². The van der Waals surface area contributed by atoms with Crippen molar-refractivity contribution in [3.05, 3.63) is 6.92 Å². The first kappa shape index (κ1) is 8.67. The zero-order valence-electron chi connectivity index (χ0n) is 6.26. The van der Waals surface area contributed by atoms with Crippen LogP contribution < -0.4 is 0 Å². The molecule has 53 valence electrons. The van der Waals surface area contributed by atoms with Gasteiger partial charge in [0.2, 0.25) is 0 Å². The van der Waals surface area contributed by atoms with Crippen LogP contribution in [0.5, 0.6) is 0 Å². The summed E-state index contributed by atoms with van der Waals surface area (Å²) < 4.78 is 0. The molecule has 0 bridgehead atoms. The molecule has 0 aliphatic rings. The Labute approximate surface area is 57.5 Å². The van der Waals surface area contributed by atoms with Crippen molar-refractivity contribution in [3.8, 4) is 0 Å². The molecule has 0 N–H and O–H groups in total. The monoisotopic (exact) mass is 127 g/mol. The van der Waals surface area contributed by atoms with Gasteiger partial charge in [-0.15, -0.1) is 0 Å². The molecule has 0 aromatic rings. The molecule has 0 aliphatic carbocycles. The van der Waals surface area contributed by atoms with Crippen molar-refractivity contribution in [3.63, 3.8) is 0 Å². The third-order valence-electron chi connectivity index (χ3n) is 1.34. The van der Waals surface area contributed by atoms with Crippen LogP contribution in [0.25, 0.3) is 0 Å². The zero-order valence-corrected chi connectivity index (χ0v) is 6.26. The molecule has 0 rings (SSSR count). The minimum absolute atomic E-state index is 0.185. The van der Waals surface area contributed by atoms with E-state index in [1.54, 1.807) is 0 Å². The molecular weight excluding hydrogens is 112 g/mol. The van der Waals surface area contributed by atoms with Crippen LogP contribution in [-0.2, 0) is 4.79 Å². The molecule has 1 heteroatoms. The number of hydrogen-bond acceptors (Lipinski definition) is 1. The molecule has 1 nitrogen and oxygen atoms in total. The Morgan fingerprint density at radius 3 is 2.22 bits per heavy atom. The van der Waals surface area contributed by atoms with Crippen LogP contribution in [0.4, 0.5) is 0 Å². The summed E-state index contributed by atoms with van der Waals surface area (Å²) in [5.41, 5.74) is 0. The highest BCUT2D eigenvalue weighted by Crippen LogP contribution is 2.11. The van der Waals surface area contributed by atoms with E-state index < -0.39 is 0 Å². The number of rotatable bonds is 4. The molecule has 0 aromatic heterocycles. The van der Waals surface area contributed by atoms with Gasteiger partial charge in [-0.25, -0.2) is 0 Å². The van der Waals surface area contributed by atoms with Gasteiger partial charge in [0.1, 0.15) is 6.29 Å². The Morgan fingerprint density at radius 1 is 1.56 bits per heavy atom. The van der Waals surface area contributed by atoms with Crippen molar-refractivity contribution in [2.75, 3.05) is 0 Å². The topological polar surface area (TPSA) is 17.1 Å². The van der Waals surface area contributed by atoms with Gasteiger partial charge >= 0.3 is 0 Å². The third kappa shape index (κ3) is 4.19. The molecule has 0 saturated carbocycles. The largest absolute Gasteiger partial charge is 0.303 e. The molecule has 1 unspecified atom stereocenters. The lowest BCUT2D eigenvalue weighted by atomic mass is 9.96. The smallest absolute Gasteiger partial charge is 0.123 e. The molecule has 0 amide bonds. The fraction of sp³-hybridized carbons (Fsp3) is 0.750. The van der Waals surface area contributed by atoms with Crippen molar-refractivity contribution in [1.29, 1.82) is 0 Å². The second kappa shape index (κ2) is 4.54. The van der Waals surface area contributed by atoms with Crippen LogP contribution in [0.2, 0.25) is 0 Å². The SMILES string of the molecule is [CH2]CC(C=O)CC(C)C. The third-order valence-corrected chi connectivity index (χ3v) is 1.34. The number of hydrogen-bond donors (Lipinski definition) is 0. The van der Waals surface area contributed by atoms with Gasteiger partial charge in [-0.1, -0.05) is 20.8 Å². The molecule has 0 saturated heterocycles. The van der Waals surface area contributed by atoms with Crippen LogP contribution in [0.15, 0.2) is 0 Å². The number of carbonyl (C=O) groups excluding carboxylic acids is 1. The van der Waals surface area contributed by atoms with Crippen LogP contribution in [0, 0.1) is 18.8 Å². The van der Waals surface area contributed by atoms with E-state index in [-0.39, 0.29) is 5.92 Å². The van der Waals surface area contributed by atoms with Crippen LogP contribution >= 0.6 is 0 Å². The maximum absolute atomic E-state index is 10.2. The van der Waals surface area contributed by atoms with Crippen molar-refractivity contribution >= 4 is 6.29 Å². The fourth-order valence-electron chi connectivity index (χ4n) is 0.847. The molecule has 0 spiro atoms. The highest BCUT2D eigenvalue weighted by Gasteiger charge is 2.05. The quantitative estimate of drug-likeness (QED) is 0.528. The van der Waals surface area contributed by atoms with Gasteiger partial charge in [0.15, 0.2) is 0 Å². The molecule has 0 aliphatic heterocycles. The maximum Gasteiger partial charge on any atom is 0.123 e. The van der Waals surface area contributed by atoms with E-state index in [1.165, 1.54) is 0 Å². The Balaban J connectivity index is 3.42. The van der Waals surface area contributed by atoms with E-state index in [4.69, 9.17) is 0 Å². The second-order valence-corrected chi connectivity index (χ2v) is 2.81. The summed E-state index contributed by atoms with van der Waals surface area (Å²) in [4.78, 5) is 10.2. The van der Waals surface area contributed by atoms with Gasteiger partial charge in [0, 0.05) is 5.92 Å². The Morgan fingerprint density at radius 2 is 2.11 bits per heavy atom. The molecule has 0 heterocycles. The van der Waals surface area contributed by atoms with E-state index in [0.717, 1.165) is 19.1 Å². The Kier molecular flexibility index (Phi) is 4.37. The maximum atomic E-state index is 10.2. The first-order chi connectivity index (χ1) is 4.20. The van der Waals surface area contributed by atoms with Crippen molar-refractivity contribution in [2.24, 2.45) is 11.8 Å². The van der Waals surface area contributed by atoms with Gasteiger partial charge < -0.3 is 4.79 Å². The summed E-state index contributed by atoms with van der Waals surface area (Å²) in [6, 6.07) is 0. The van der Waals surface area contributed by atoms with Crippen LogP contribution in [-0.4, -0.2) is 6.29 Å². The number of aldehydes is 1. The summed E-state index contributed by atoms with van der Waals surface area (Å²) in [6.45, 7) is 7.91. The molecule has 1 radical (unpaired) electrons. The molecule has 1 atom stereocenters. The molecule has 0 aromatic carbocycles. The number of carbonyl (C=O) groups is 1.